The van der Waals surface area contributed by atoms with Gasteiger partial charge in [-0.3, -0.25) is 14.6 Å². The van der Waals surface area contributed by atoms with E-state index in [1.807, 2.05) is 43.3 Å². The Hall–Kier alpha value is -2.45. The molecule has 1 aliphatic rings. The van der Waals surface area contributed by atoms with Crippen molar-refractivity contribution >= 4 is 34.7 Å². The number of carbonyl (C=O) groups is 1. The zero-order chi connectivity index (χ0) is 20.5. The number of carbonyl (C=O) groups excluding carboxylic acids is 1. The van der Waals surface area contributed by atoms with Crippen LogP contribution in [0.25, 0.3) is 11.3 Å². The lowest BCUT2D eigenvalue weighted by Crippen LogP contribution is -2.60. The number of unbranched alkanes of at least 4 members (excludes halogenated alkanes) is 1. The molecule has 0 fully saturated rings. The van der Waals surface area contributed by atoms with Crippen molar-refractivity contribution in [2.24, 2.45) is 0 Å². The number of H-pyrrole nitrogens is 1. The van der Waals surface area contributed by atoms with Crippen LogP contribution in [0.1, 0.15) is 42.6 Å². The molecule has 8 heteroatoms. The Morgan fingerprint density at radius 1 is 1.31 bits per heavy atom. The summed E-state index contributed by atoms with van der Waals surface area (Å²) in [4.78, 5) is 32.6. The Morgan fingerprint density at radius 3 is 2.79 bits per heavy atom. The lowest BCUT2D eigenvalue weighted by molar-refractivity contribution is -0.762. The first-order valence-corrected chi connectivity index (χ1v) is 11.5. The van der Waals surface area contributed by atoms with E-state index in [1.165, 1.54) is 11.8 Å². The lowest BCUT2D eigenvalue weighted by Gasteiger charge is -2.30. The number of hydrogen-bond acceptors (Lipinski definition) is 5. The van der Waals surface area contributed by atoms with E-state index in [4.69, 9.17) is 5.10 Å². The van der Waals surface area contributed by atoms with Crippen LogP contribution in [0.15, 0.2) is 46.3 Å². The summed E-state index contributed by atoms with van der Waals surface area (Å²) in [6, 6.07) is 11.6. The maximum absolute atomic E-state index is 13.1. The smallest absolute Gasteiger partial charge is 0.291 e. The minimum atomic E-state index is -0.482. The van der Waals surface area contributed by atoms with E-state index in [9.17, 15) is 9.59 Å². The number of thioether (sulfide) groups is 1. The molecule has 1 aromatic carbocycles. The number of fused-ring (bicyclic) bond motifs is 3. The predicted octanol–water partition coefficient (Wildman–Crippen LogP) is 3.90. The van der Waals surface area contributed by atoms with Gasteiger partial charge in [0, 0.05) is 22.7 Å². The molecule has 0 spiro atoms. The number of rotatable bonds is 5. The van der Waals surface area contributed by atoms with Crippen molar-refractivity contribution in [3.8, 4) is 11.3 Å². The molecule has 1 unspecified atom stereocenters. The fraction of sp³-hybridized carbons (Fsp3) is 0.333. The average molecular weight is 428 g/mol. The first-order valence-electron chi connectivity index (χ1n) is 9.65. The van der Waals surface area contributed by atoms with E-state index in [2.05, 4.69) is 11.9 Å². The lowest BCUT2D eigenvalue weighted by atomic mass is 10.0. The summed E-state index contributed by atoms with van der Waals surface area (Å²) in [7, 11) is 0. The number of hydrogen-bond donors (Lipinski definition) is 1. The number of aromatic amines is 1. The van der Waals surface area contributed by atoms with Crippen molar-refractivity contribution in [1.29, 1.82) is 0 Å². The van der Waals surface area contributed by atoms with Crippen LogP contribution in [0.2, 0.25) is 0 Å². The fourth-order valence-corrected chi connectivity index (χ4v) is 5.43. The number of nitrogens with zero attached hydrogens (tertiary/aromatic N) is 3. The number of aryl methyl sites for hydroxylation is 1. The van der Waals surface area contributed by atoms with Gasteiger partial charge in [0.05, 0.1) is 16.1 Å². The monoisotopic (exact) mass is 427 g/mol. The van der Waals surface area contributed by atoms with Crippen molar-refractivity contribution in [2.45, 2.75) is 44.9 Å². The van der Waals surface area contributed by atoms with Crippen LogP contribution in [-0.2, 0) is 4.79 Å². The summed E-state index contributed by atoms with van der Waals surface area (Å²) in [5.41, 5.74) is 1.74. The number of nitrogens with one attached hydrogen (secondary N) is 1. The molecule has 150 valence electrons. The maximum Gasteiger partial charge on any atom is 0.325 e. The molecule has 2 aromatic heterocycles. The van der Waals surface area contributed by atoms with Crippen LogP contribution in [0.3, 0.4) is 0 Å². The highest BCUT2D eigenvalue weighted by Crippen LogP contribution is 2.38. The number of para-hydroxylation sites is 1. The predicted molar refractivity (Wildman–Crippen MR) is 116 cm³/mol. The van der Waals surface area contributed by atoms with E-state index in [-0.39, 0.29) is 11.5 Å². The number of thiophene rings is 1. The van der Waals surface area contributed by atoms with Gasteiger partial charge in [0.2, 0.25) is 11.1 Å². The fourth-order valence-electron chi connectivity index (χ4n) is 3.54. The second-order valence-corrected chi connectivity index (χ2v) is 9.39. The van der Waals surface area contributed by atoms with Crippen molar-refractivity contribution < 1.29 is 9.48 Å². The summed E-state index contributed by atoms with van der Waals surface area (Å²) in [6.07, 6.45) is 1.65. The minimum Gasteiger partial charge on any atom is -0.291 e. The molecule has 3 aromatic rings. The molecule has 29 heavy (non-hydrogen) atoms. The zero-order valence-electron chi connectivity index (χ0n) is 16.6. The molecule has 1 atom stereocenters. The van der Waals surface area contributed by atoms with E-state index >= 15 is 0 Å². The molecule has 1 amide bonds. The maximum atomic E-state index is 13.1. The quantitative estimate of drug-likeness (QED) is 0.381. The normalized spacial score (nSPS) is 15.1. The van der Waals surface area contributed by atoms with Crippen molar-refractivity contribution in [2.75, 3.05) is 10.7 Å². The SMILES string of the molecule is CCCCSc1n[n+]2c(c(=O)[nH]1)-c1ccccc1N(C(C)=O)C2c1ccc(C)s1. The summed E-state index contributed by atoms with van der Waals surface area (Å²) < 4.78 is 1.72. The van der Waals surface area contributed by atoms with Gasteiger partial charge in [0.1, 0.15) is 0 Å². The third-order valence-electron chi connectivity index (χ3n) is 4.85. The van der Waals surface area contributed by atoms with E-state index in [0.29, 0.717) is 16.4 Å². The summed E-state index contributed by atoms with van der Waals surface area (Å²) in [5.74, 6) is 0.795. The highest BCUT2D eigenvalue weighted by atomic mass is 32.2. The summed E-state index contributed by atoms with van der Waals surface area (Å²) in [5, 5.41) is 5.36. The Morgan fingerprint density at radius 2 is 2.10 bits per heavy atom. The average Bonchev–Trinajstić information content (AvgIpc) is 3.12. The van der Waals surface area contributed by atoms with Gasteiger partial charge in [-0.1, -0.05) is 37.2 Å². The Balaban J connectivity index is 1.96. The summed E-state index contributed by atoms with van der Waals surface area (Å²) in [6.45, 7) is 5.72. The van der Waals surface area contributed by atoms with Crippen LogP contribution in [-0.4, -0.2) is 21.7 Å². The second-order valence-electron chi connectivity index (χ2n) is 6.98. The standard InChI is InChI=1S/C21H22N4O2S2/c1-4-5-12-28-21-22-19(27)18-15-8-6-7-9-16(15)24(14(3)26)20(25(18)23-21)17-11-10-13(2)29-17/h6-11,20H,4-5,12H2,1-3H3/p+1. The van der Waals surface area contributed by atoms with Crippen LogP contribution < -0.4 is 15.1 Å². The van der Waals surface area contributed by atoms with Crippen molar-refractivity contribution in [3.05, 3.63) is 56.5 Å². The molecule has 0 saturated heterocycles. The van der Waals surface area contributed by atoms with Gasteiger partial charge >= 0.3 is 17.4 Å². The number of anilines is 1. The number of benzene rings is 1. The van der Waals surface area contributed by atoms with Gasteiger partial charge in [0.25, 0.3) is 0 Å². The Labute approximate surface area is 177 Å². The zero-order valence-corrected chi connectivity index (χ0v) is 18.3. The first kappa shape index (κ1) is 19.8. The number of aromatic nitrogens is 3. The topological polar surface area (TPSA) is 69.9 Å². The minimum absolute atomic E-state index is 0.0890. The molecule has 0 radical (unpaired) electrons. The summed E-state index contributed by atoms with van der Waals surface area (Å²) >= 11 is 3.15. The van der Waals surface area contributed by atoms with Gasteiger partial charge in [-0.05, 0) is 42.3 Å². The van der Waals surface area contributed by atoms with Gasteiger partial charge in [-0.2, -0.15) is 0 Å². The van der Waals surface area contributed by atoms with Gasteiger partial charge in [-0.25, -0.2) is 4.90 Å². The molecule has 1 N–H and O–H groups in total. The van der Waals surface area contributed by atoms with Gasteiger partial charge in [0.15, 0.2) is 0 Å². The second kappa shape index (κ2) is 8.12. The third-order valence-corrected chi connectivity index (χ3v) is 6.84. The largest absolute Gasteiger partial charge is 0.325 e. The molecular weight excluding hydrogens is 404 g/mol. The molecule has 3 heterocycles. The Kier molecular flexibility index (Phi) is 5.56. The molecule has 4 rings (SSSR count). The highest BCUT2D eigenvalue weighted by Gasteiger charge is 2.45. The highest BCUT2D eigenvalue weighted by molar-refractivity contribution is 7.99. The molecule has 0 aliphatic carbocycles. The van der Waals surface area contributed by atoms with Crippen LogP contribution in [0.4, 0.5) is 5.69 Å². The third kappa shape index (κ3) is 3.62. The Bertz CT molecular complexity index is 1120. The van der Waals surface area contributed by atoms with Gasteiger partial charge < -0.3 is 0 Å². The first-order chi connectivity index (χ1) is 14.0. The van der Waals surface area contributed by atoms with Crippen LogP contribution in [0, 0.1) is 6.92 Å². The van der Waals surface area contributed by atoms with Crippen LogP contribution in [0.5, 0.6) is 0 Å². The molecule has 0 bridgehead atoms. The molecule has 6 nitrogen and oxygen atoms in total. The van der Waals surface area contributed by atoms with Gasteiger partial charge in [-0.15, -0.1) is 11.3 Å². The van der Waals surface area contributed by atoms with Crippen molar-refractivity contribution in [3.63, 3.8) is 0 Å². The molecular formula is C21H23N4O2S2+. The van der Waals surface area contributed by atoms with Crippen LogP contribution >= 0.6 is 23.1 Å². The van der Waals surface area contributed by atoms with Crippen molar-refractivity contribution in [1.82, 2.24) is 10.1 Å². The van der Waals surface area contributed by atoms with E-state index < -0.39 is 6.17 Å². The molecule has 1 aliphatic heterocycles. The molecule has 0 saturated carbocycles. The van der Waals surface area contributed by atoms with E-state index in [0.717, 1.165) is 34.0 Å². The van der Waals surface area contributed by atoms with E-state index in [1.54, 1.807) is 27.8 Å². The number of amides is 1.